The smallest absolute Gasteiger partial charge is 0.237 e. The van der Waals surface area contributed by atoms with Crippen LogP contribution >= 0.6 is 0 Å². The molecule has 1 aliphatic heterocycles. The third-order valence-corrected chi connectivity index (χ3v) is 3.71. The summed E-state index contributed by atoms with van der Waals surface area (Å²) in [6, 6.07) is 5.93. The number of nitrogens with zero attached hydrogens (tertiary/aromatic N) is 2. The van der Waals surface area contributed by atoms with Crippen molar-refractivity contribution in [2.75, 3.05) is 13.1 Å². The van der Waals surface area contributed by atoms with Crippen molar-refractivity contribution in [1.29, 1.82) is 0 Å². The Bertz CT molecular complexity index is 632. The molecule has 1 unspecified atom stereocenters. The fourth-order valence-electron chi connectivity index (χ4n) is 2.69. The molecule has 0 radical (unpaired) electrons. The number of carbonyl (C=O) groups excluding carboxylic acids is 1. The van der Waals surface area contributed by atoms with Crippen molar-refractivity contribution in [3.05, 3.63) is 29.6 Å². The molecule has 1 saturated heterocycles. The predicted octanol–water partition coefficient (Wildman–Crippen LogP) is 0.512. The van der Waals surface area contributed by atoms with Crippen LogP contribution in [-0.4, -0.2) is 34.6 Å². The summed E-state index contributed by atoms with van der Waals surface area (Å²) in [5.74, 6) is 1.01. The van der Waals surface area contributed by atoms with E-state index in [2.05, 4.69) is 33.2 Å². The molecule has 1 amide bonds. The zero-order valence-corrected chi connectivity index (χ0v) is 11.2. The average molecular weight is 258 g/mol. The highest BCUT2D eigenvalue weighted by Gasteiger charge is 2.23. The SMILES string of the molecule is Cc1cccc2nc(CC3NCCNC3=O)n(C)c12. The second kappa shape index (κ2) is 4.66. The Hall–Kier alpha value is -1.88. The van der Waals surface area contributed by atoms with Gasteiger partial charge in [0.05, 0.1) is 17.1 Å². The van der Waals surface area contributed by atoms with Gasteiger partial charge in [0.1, 0.15) is 5.82 Å². The molecule has 2 N–H and O–H groups in total. The molecule has 19 heavy (non-hydrogen) atoms. The van der Waals surface area contributed by atoms with Gasteiger partial charge in [-0.15, -0.1) is 0 Å². The molecule has 0 saturated carbocycles. The lowest BCUT2D eigenvalue weighted by molar-refractivity contribution is -0.124. The molecule has 1 aromatic carbocycles. The number of amides is 1. The van der Waals surface area contributed by atoms with Gasteiger partial charge in [0.25, 0.3) is 0 Å². The number of hydrogen-bond donors (Lipinski definition) is 2. The minimum absolute atomic E-state index is 0.0648. The molecular formula is C14H18N4O. The number of para-hydroxylation sites is 1. The molecule has 1 aromatic heterocycles. The van der Waals surface area contributed by atoms with Gasteiger partial charge in [-0.2, -0.15) is 0 Å². The van der Waals surface area contributed by atoms with Crippen LogP contribution in [0.2, 0.25) is 0 Å². The largest absolute Gasteiger partial charge is 0.353 e. The Labute approximate surface area is 112 Å². The van der Waals surface area contributed by atoms with Crippen LogP contribution in [0.3, 0.4) is 0 Å². The van der Waals surface area contributed by atoms with Gasteiger partial charge in [-0.05, 0) is 18.6 Å². The lowest BCUT2D eigenvalue weighted by Crippen LogP contribution is -2.53. The number of aromatic nitrogens is 2. The highest BCUT2D eigenvalue weighted by atomic mass is 16.2. The van der Waals surface area contributed by atoms with E-state index in [1.165, 1.54) is 5.56 Å². The lowest BCUT2D eigenvalue weighted by Gasteiger charge is -2.23. The van der Waals surface area contributed by atoms with E-state index in [0.29, 0.717) is 13.0 Å². The summed E-state index contributed by atoms with van der Waals surface area (Å²) < 4.78 is 2.09. The third kappa shape index (κ3) is 2.10. The van der Waals surface area contributed by atoms with Gasteiger partial charge in [-0.25, -0.2) is 4.98 Å². The Morgan fingerprint density at radius 3 is 3.00 bits per heavy atom. The van der Waals surface area contributed by atoms with Crippen LogP contribution in [0.5, 0.6) is 0 Å². The minimum atomic E-state index is -0.176. The standard InChI is InChI=1S/C14H18N4O/c1-9-4-3-5-10-13(9)18(2)12(17-10)8-11-14(19)16-7-6-15-11/h3-5,11,15H,6-8H2,1-2H3,(H,16,19). The highest BCUT2D eigenvalue weighted by molar-refractivity contribution is 5.83. The highest BCUT2D eigenvalue weighted by Crippen LogP contribution is 2.19. The maximum atomic E-state index is 11.8. The molecule has 2 aromatic rings. The summed E-state index contributed by atoms with van der Waals surface area (Å²) in [6.07, 6.45) is 0.621. The monoisotopic (exact) mass is 258 g/mol. The first-order valence-corrected chi connectivity index (χ1v) is 6.59. The van der Waals surface area contributed by atoms with E-state index in [9.17, 15) is 4.79 Å². The minimum Gasteiger partial charge on any atom is -0.353 e. The number of piperazine rings is 1. The van der Waals surface area contributed by atoms with Crippen molar-refractivity contribution in [2.24, 2.45) is 7.05 Å². The number of aryl methyl sites for hydroxylation is 2. The summed E-state index contributed by atoms with van der Waals surface area (Å²) in [6.45, 7) is 3.61. The third-order valence-electron chi connectivity index (χ3n) is 3.71. The maximum Gasteiger partial charge on any atom is 0.237 e. The average Bonchev–Trinajstić information content (AvgIpc) is 2.71. The van der Waals surface area contributed by atoms with Gasteiger partial charge >= 0.3 is 0 Å². The van der Waals surface area contributed by atoms with Gasteiger partial charge in [-0.1, -0.05) is 12.1 Å². The second-order valence-corrected chi connectivity index (χ2v) is 5.03. The fourth-order valence-corrected chi connectivity index (χ4v) is 2.69. The normalized spacial score (nSPS) is 19.7. The van der Waals surface area contributed by atoms with E-state index >= 15 is 0 Å². The topological polar surface area (TPSA) is 59.0 Å². The number of carbonyl (C=O) groups is 1. The number of fused-ring (bicyclic) bond motifs is 1. The van der Waals surface area contributed by atoms with Crippen LogP contribution in [0.4, 0.5) is 0 Å². The number of imidazole rings is 1. The van der Waals surface area contributed by atoms with Gasteiger partial charge in [0.15, 0.2) is 0 Å². The maximum absolute atomic E-state index is 11.8. The Morgan fingerprint density at radius 2 is 2.26 bits per heavy atom. The quantitative estimate of drug-likeness (QED) is 0.825. The van der Waals surface area contributed by atoms with Crippen LogP contribution in [0.1, 0.15) is 11.4 Å². The van der Waals surface area contributed by atoms with E-state index in [4.69, 9.17) is 0 Å². The number of hydrogen-bond acceptors (Lipinski definition) is 3. The number of rotatable bonds is 2. The van der Waals surface area contributed by atoms with Gasteiger partial charge in [-0.3, -0.25) is 4.79 Å². The molecule has 1 atom stereocenters. The van der Waals surface area contributed by atoms with Gasteiger partial charge < -0.3 is 15.2 Å². The van der Waals surface area contributed by atoms with E-state index in [-0.39, 0.29) is 11.9 Å². The molecule has 0 aliphatic carbocycles. The van der Waals surface area contributed by atoms with E-state index in [1.54, 1.807) is 0 Å². The molecule has 0 spiro atoms. The fraction of sp³-hybridized carbons (Fsp3) is 0.429. The van der Waals surface area contributed by atoms with Gasteiger partial charge in [0.2, 0.25) is 5.91 Å². The van der Waals surface area contributed by atoms with Crippen LogP contribution in [0, 0.1) is 6.92 Å². The molecule has 1 fully saturated rings. The van der Waals surface area contributed by atoms with Crippen LogP contribution in [-0.2, 0) is 18.3 Å². The molecular weight excluding hydrogens is 240 g/mol. The summed E-state index contributed by atoms with van der Waals surface area (Å²) >= 11 is 0. The molecule has 1 aliphatic rings. The lowest BCUT2D eigenvalue weighted by atomic mass is 10.1. The summed E-state index contributed by atoms with van der Waals surface area (Å²) in [4.78, 5) is 16.4. The first kappa shape index (κ1) is 12.2. The second-order valence-electron chi connectivity index (χ2n) is 5.03. The molecule has 5 heteroatoms. The molecule has 2 heterocycles. The van der Waals surface area contributed by atoms with Gasteiger partial charge in [0, 0.05) is 26.6 Å². The molecule has 0 bridgehead atoms. The first-order chi connectivity index (χ1) is 9.16. The van der Waals surface area contributed by atoms with E-state index in [1.807, 2.05) is 19.2 Å². The molecule has 5 nitrogen and oxygen atoms in total. The first-order valence-electron chi connectivity index (χ1n) is 6.59. The predicted molar refractivity (Wildman–Crippen MR) is 74.0 cm³/mol. The van der Waals surface area contributed by atoms with Crippen molar-refractivity contribution >= 4 is 16.9 Å². The van der Waals surface area contributed by atoms with E-state index in [0.717, 1.165) is 23.4 Å². The molecule has 100 valence electrons. The zero-order valence-electron chi connectivity index (χ0n) is 11.2. The van der Waals surface area contributed by atoms with Crippen LogP contribution < -0.4 is 10.6 Å². The summed E-state index contributed by atoms with van der Waals surface area (Å²) in [7, 11) is 2.01. The summed E-state index contributed by atoms with van der Waals surface area (Å²) in [5, 5.41) is 6.12. The number of nitrogens with one attached hydrogen (secondary N) is 2. The number of benzene rings is 1. The van der Waals surface area contributed by atoms with Crippen molar-refractivity contribution in [2.45, 2.75) is 19.4 Å². The Morgan fingerprint density at radius 1 is 1.42 bits per heavy atom. The van der Waals surface area contributed by atoms with Crippen molar-refractivity contribution < 1.29 is 4.79 Å². The summed E-state index contributed by atoms with van der Waals surface area (Å²) in [5.41, 5.74) is 3.35. The van der Waals surface area contributed by atoms with Crippen LogP contribution in [0.15, 0.2) is 18.2 Å². The van der Waals surface area contributed by atoms with Crippen molar-refractivity contribution in [3.8, 4) is 0 Å². The van der Waals surface area contributed by atoms with Crippen molar-refractivity contribution in [1.82, 2.24) is 20.2 Å². The Kier molecular flexibility index (Phi) is 2.98. The van der Waals surface area contributed by atoms with Crippen LogP contribution in [0.25, 0.3) is 11.0 Å². The Balaban J connectivity index is 1.95. The van der Waals surface area contributed by atoms with Crippen molar-refractivity contribution in [3.63, 3.8) is 0 Å². The van der Waals surface area contributed by atoms with E-state index < -0.39 is 0 Å². The zero-order chi connectivity index (χ0) is 13.4. The molecule has 3 rings (SSSR count).